The third kappa shape index (κ3) is 4.29. The molecule has 3 aromatic rings. The minimum atomic E-state index is -0.0224. The lowest BCUT2D eigenvalue weighted by molar-refractivity contribution is -0.116. The molecule has 0 spiro atoms. The lowest BCUT2D eigenvalue weighted by Gasteiger charge is -2.07. The van der Waals surface area contributed by atoms with Gasteiger partial charge in [-0.1, -0.05) is 37.6 Å². The largest absolute Gasteiger partial charge is 0.311 e. The Bertz CT molecular complexity index is 923. The van der Waals surface area contributed by atoms with Gasteiger partial charge in [-0.15, -0.1) is 11.3 Å². The smallest absolute Gasteiger partial charge is 0.225 e. The summed E-state index contributed by atoms with van der Waals surface area (Å²) in [5.41, 5.74) is 2.88. The second kappa shape index (κ2) is 8.43. The molecule has 0 aliphatic carbocycles. The van der Waals surface area contributed by atoms with E-state index in [4.69, 9.17) is 16.6 Å². The van der Waals surface area contributed by atoms with Crippen LogP contribution in [0.15, 0.2) is 42.6 Å². The number of rotatable bonds is 6. The van der Waals surface area contributed by atoms with Crippen molar-refractivity contribution in [2.45, 2.75) is 33.1 Å². The molecule has 0 bridgehead atoms. The van der Waals surface area contributed by atoms with E-state index in [9.17, 15) is 4.79 Å². The molecule has 0 unspecified atom stereocenters. The van der Waals surface area contributed by atoms with Crippen LogP contribution in [0, 0.1) is 0 Å². The molecule has 0 saturated carbocycles. The van der Waals surface area contributed by atoms with Crippen LogP contribution >= 0.6 is 22.9 Å². The Labute approximate surface area is 162 Å². The average Bonchev–Trinajstić information content (AvgIpc) is 3.07. The lowest BCUT2D eigenvalue weighted by atomic mass is 10.1. The number of nitrogens with one attached hydrogen (secondary N) is 1. The summed E-state index contributed by atoms with van der Waals surface area (Å²) in [6, 6.07) is 11.5. The van der Waals surface area contributed by atoms with Crippen molar-refractivity contribution in [3.8, 4) is 21.7 Å². The Morgan fingerprint density at radius 2 is 2.04 bits per heavy atom. The monoisotopic (exact) mass is 385 g/mol. The number of carbonyl (C=O) groups excluding carboxylic acids is 1. The number of amides is 1. The minimum absolute atomic E-state index is 0.0224. The van der Waals surface area contributed by atoms with Crippen LogP contribution in [0.4, 0.5) is 5.82 Å². The van der Waals surface area contributed by atoms with Gasteiger partial charge in [-0.25, -0.2) is 9.97 Å². The highest BCUT2D eigenvalue weighted by molar-refractivity contribution is 7.15. The first kappa shape index (κ1) is 18.5. The molecule has 2 heterocycles. The zero-order chi connectivity index (χ0) is 18.5. The Balaban J connectivity index is 2.01. The highest BCUT2D eigenvalue weighted by Gasteiger charge is 2.15. The highest BCUT2D eigenvalue weighted by Crippen LogP contribution is 2.38. The van der Waals surface area contributed by atoms with Crippen molar-refractivity contribution < 1.29 is 4.79 Å². The van der Waals surface area contributed by atoms with Gasteiger partial charge in [-0.2, -0.15) is 0 Å². The van der Waals surface area contributed by atoms with Crippen LogP contribution in [0.5, 0.6) is 0 Å². The highest BCUT2D eigenvalue weighted by atomic mass is 35.5. The minimum Gasteiger partial charge on any atom is -0.311 e. The quantitative estimate of drug-likeness (QED) is 0.581. The van der Waals surface area contributed by atoms with E-state index >= 15 is 0 Å². The number of carbonyl (C=O) groups is 1. The third-order valence-electron chi connectivity index (χ3n) is 3.84. The molecule has 0 aliphatic rings. The maximum atomic E-state index is 11.9. The third-order valence-corrected chi connectivity index (χ3v) is 5.32. The van der Waals surface area contributed by atoms with Crippen LogP contribution in [0.3, 0.4) is 0 Å². The van der Waals surface area contributed by atoms with Crippen molar-refractivity contribution in [1.29, 1.82) is 0 Å². The fourth-order valence-corrected chi connectivity index (χ4v) is 3.83. The number of aryl methyl sites for hydroxylation is 1. The molecule has 1 amide bonds. The summed E-state index contributed by atoms with van der Waals surface area (Å²) in [6.07, 6.45) is 3.87. The van der Waals surface area contributed by atoms with Crippen molar-refractivity contribution >= 4 is 34.7 Å². The van der Waals surface area contributed by atoms with Gasteiger partial charge in [0.15, 0.2) is 0 Å². The number of hydrogen-bond donors (Lipinski definition) is 1. The van der Waals surface area contributed by atoms with Gasteiger partial charge in [0.05, 0.1) is 15.6 Å². The normalized spacial score (nSPS) is 10.7. The van der Waals surface area contributed by atoms with Crippen molar-refractivity contribution in [3.63, 3.8) is 0 Å². The summed E-state index contributed by atoms with van der Waals surface area (Å²) >= 11 is 7.82. The molecule has 0 radical (unpaired) electrons. The molecule has 0 atom stereocenters. The summed E-state index contributed by atoms with van der Waals surface area (Å²) in [6.45, 7) is 4.07. The van der Waals surface area contributed by atoms with Gasteiger partial charge in [0, 0.05) is 23.2 Å². The molecule has 4 nitrogen and oxygen atoms in total. The molecule has 1 N–H and O–H groups in total. The van der Waals surface area contributed by atoms with E-state index in [1.807, 2.05) is 43.3 Å². The van der Waals surface area contributed by atoms with E-state index in [1.165, 1.54) is 0 Å². The van der Waals surface area contributed by atoms with Gasteiger partial charge in [-0.05, 0) is 42.7 Å². The Morgan fingerprint density at radius 1 is 1.19 bits per heavy atom. The molecular formula is C20H20ClN3OS. The summed E-state index contributed by atoms with van der Waals surface area (Å²) in [7, 11) is 0. The predicted molar refractivity (Wildman–Crippen MR) is 109 cm³/mol. The van der Waals surface area contributed by atoms with Crippen LogP contribution in [-0.4, -0.2) is 15.9 Å². The summed E-state index contributed by atoms with van der Waals surface area (Å²) in [5, 5.41) is 4.60. The maximum absolute atomic E-state index is 11.9. The first-order valence-corrected chi connectivity index (χ1v) is 9.82. The number of thiazole rings is 1. The van der Waals surface area contributed by atoms with Gasteiger partial charge < -0.3 is 5.32 Å². The summed E-state index contributed by atoms with van der Waals surface area (Å²) in [5.74, 6) is 0.537. The molecule has 6 heteroatoms. The number of pyridine rings is 1. The van der Waals surface area contributed by atoms with E-state index < -0.39 is 0 Å². The number of benzene rings is 1. The summed E-state index contributed by atoms with van der Waals surface area (Å²) < 4.78 is 0. The van der Waals surface area contributed by atoms with E-state index in [0.29, 0.717) is 17.3 Å². The Hall–Kier alpha value is -2.24. The van der Waals surface area contributed by atoms with Gasteiger partial charge >= 0.3 is 0 Å². The predicted octanol–water partition coefficient (Wildman–Crippen LogP) is 5.83. The fraction of sp³-hybridized carbons (Fsp3) is 0.250. The van der Waals surface area contributed by atoms with Crippen LogP contribution in [0.1, 0.15) is 31.7 Å². The second-order valence-corrected chi connectivity index (χ2v) is 7.40. The van der Waals surface area contributed by atoms with Gasteiger partial charge in [0.25, 0.3) is 0 Å². The van der Waals surface area contributed by atoms with Gasteiger partial charge in [-0.3, -0.25) is 4.79 Å². The van der Waals surface area contributed by atoms with E-state index in [-0.39, 0.29) is 5.91 Å². The van der Waals surface area contributed by atoms with Crippen LogP contribution in [0.25, 0.3) is 21.7 Å². The average molecular weight is 386 g/mol. The molecule has 2 aromatic heterocycles. The van der Waals surface area contributed by atoms with Crippen LogP contribution < -0.4 is 5.32 Å². The first-order chi connectivity index (χ1) is 12.6. The summed E-state index contributed by atoms with van der Waals surface area (Å²) in [4.78, 5) is 22.0. The van der Waals surface area contributed by atoms with Crippen molar-refractivity contribution in [3.05, 3.63) is 52.6 Å². The number of hydrogen-bond acceptors (Lipinski definition) is 4. The number of aromatic nitrogens is 2. The molecule has 3 rings (SSSR count). The van der Waals surface area contributed by atoms with E-state index in [1.54, 1.807) is 17.5 Å². The number of halogens is 1. The Kier molecular flexibility index (Phi) is 6.01. The lowest BCUT2D eigenvalue weighted by Crippen LogP contribution is -2.11. The molecule has 1 aromatic carbocycles. The Morgan fingerprint density at radius 3 is 2.77 bits per heavy atom. The molecule has 0 fully saturated rings. The van der Waals surface area contributed by atoms with E-state index in [0.717, 1.165) is 39.5 Å². The molecule has 0 saturated heterocycles. The molecule has 26 heavy (non-hydrogen) atoms. The zero-order valence-corrected chi connectivity index (χ0v) is 16.3. The standard InChI is InChI=1S/C20H20ClN3OS/c1-3-6-17(25)23-16-12-14(9-10-22-16)20-19(24-18(4-2)26-20)13-7-5-8-15(21)11-13/h5,7-12H,3-4,6H2,1-2H3,(H,22,23,25). The van der Waals surface area contributed by atoms with Gasteiger partial charge in [0.2, 0.25) is 5.91 Å². The number of anilines is 1. The first-order valence-electron chi connectivity index (χ1n) is 8.62. The van der Waals surface area contributed by atoms with Crippen molar-refractivity contribution in [2.75, 3.05) is 5.32 Å². The van der Waals surface area contributed by atoms with E-state index in [2.05, 4.69) is 17.2 Å². The van der Waals surface area contributed by atoms with Crippen molar-refractivity contribution in [1.82, 2.24) is 9.97 Å². The van der Waals surface area contributed by atoms with Crippen LogP contribution in [0.2, 0.25) is 5.02 Å². The molecular weight excluding hydrogens is 366 g/mol. The van der Waals surface area contributed by atoms with Gasteiger partial charge in [0.1, 0.15) is 5.82 Å². The SMILES string of the molecule is CCCC(=O)Nc1cc(-c2sc(CC)nc2-c2cccc(Cl)c2)ccn1. The number of nitrogens with zero attached hydrogens (tertiary/aromatic N) is 2. The molecule has 134 valence electrons. The van der Waals surface area contributed by atoms with Crippen molar-refractivity contribution in [2.24, 2.45) is 0 Å². The van der Waals surface area contributed by atoms with Crippen LogP contribution in [-0.2, 0) is 11.2 Å². The maximum Gasteiger partial charge on any atom is 0.225 e. The zero-order valence-electron chi connectivity index (χ0n) is 14.8. The topological polar surface area (TPSA) is 54.9 Å². The molecule has 0 aliphatic heterocycles. The fourth-order valence-electron chi connectivity index (χ4n) is 2.62. The second-order valence-electron chi connectivity index (χ2n) is 5.88.